The van der Waals surface area contributed by atoms with Crippen molar-refractivity contribution >= 4 is 16.9 Å². The van der Waals surface area contributed by atoms with Crippen molar-refractivity contribution in [2.24, 2.45) is 7.05 Å². The second-order valence-electron chi connectivity index (χ2n) is 5.03. The molecule has 1 fully saturated rings. The number of likely N-dealkylation sites (N-methyl/N-ethyl adjacent to an activating group) is 1. The minimum atomic E-state index is 0.917. The number of nitrogens with zero attached hydrogens (tertiary/aromatic N) is 6. The second-order valence-corrected chi connectivity index (χ2v) is 5.03. The van der Waals surface area contributed by atoms with Gasteiger partial charge in [-0.15, -0.1) is 0 Å². The third kappa shape index (κ3) is 2.06. The van der Waals surface area contributed by atoms with Crippen molar-refractivity contribution in [2.45, 2.75) is 13.8 Å². The van der Waals surface area contributed by atoms with Crippen LogP contribution in [0.1, 0.15) is 12.6 Å². The number of fused-ring (bicyclic) bond motifs is 1. The zero-order valence-electron chi connectivity index (χ0n) is 11.8. The lowest BCUT2D eigenvalue weighted by Crippen LogP contribution is -2.46. The topological polar surface area (TPSA) is 50.1 Å². The molecule has 2 aromatic rings. The first-order valence-electron chi connectivity index (χ1n) is 6.82. The largest absolute Gasteiger partial charge is 0.353 e. The molecule has 0 atom stereocenters. The SMILES string of the molecule is CCN1CCN(c2ncnc3c2c(C)nn3C)CC1. The number of piperazine rings is 1. The van der Waals surface area contributed by atoms with E-state index in [0.717, 1.165) is 55.3 Å². The summed E-state index contributed by atoms with van der Waals surface area (Å²) in [5, 5.41) is 5.55. The molecule has 1 saturated heterocycles. The molecule has 0 unspecified atom stereocenters. The van der Waals surface area contributed by atoms with Crippen LogP contribution in [0.2, 0.25) is 0 Å². The van der Waals surface area contributed by atoms with Gasteiger partial charge in [-0.2, -0.15) is 5.10 Å². The Labute approximate surface area is 113 Å². The lowest BCUT2D eigenvalue weighted by Gasteiger charge is -2.34. The number of hydrogen-bond donors (Lipinski definition) is 0. The fraction of sp³-hybridized carbons (Fsp3) is 0.615. The van der Waals surface area contributed by atoms with Crippen LogP contribution in [-0.4, -0.2) is 57.4 Å². The summed E-state index contributed by atoms with van der Waals surface area (Å²) in [6.07, 6.45) is 1.64. The molecule has 0 saturated carbocycles. The standard InChI is InChI=1S/C13H20N6/c1-4-18-5-7-19(8-6-18)13-11-10(2)16-17(3)12(11)14-9-15-13/h9H,4-8H2,1-3H3. The Hall–Kier alpha value is -1.69. The van der Waals surface area contributed by atoms with Gasteiger partial charge in [0.25, 0.3) is 0 Å². The van der Waals surface area contributed by atoms with Gasteiger partial charge in [0.15, 0.2) is 5.65 Å². The smallest absolute Gasteiger partial charge is 0.163 e. The Bertz CT molecular complexity index is 582. The maximum absolute atomic E-state index is 4.50. The van der Waals surface area contributed by atoms with Crippen LogP contribution in [0.15, 0.2) is 6.33 Å². The Kier molecular flexibility index (Phi) is 3.10. The van der Waals surface area contributed by atoms with E-state index in [-0.39, 0.29) is 0 Å². The predicted molar refractivity (Wildman–Crippen MR) is 75.4 cm³/mol. The molecular formula is C13H20N6. The molecule has 6 nitrogen and oxygen atoms in total. The van der Waals surface area contributed by atoms with Gasteiger partial charge in [-0.05, 0) is 13.5 Å². The van der Waals surface area contributed by atoms with Gasteiger partial charge in [-0.1, -0.05) is 6.92 Å². The first-order chi connectivity index (χ1) is 9.20. The lowest BCUT2D eigenvalue weighted by molar-refractivity contribution is 0.271. The third-order valence-electron chi connectivity index (χ3n) is 3.89. The minimum absolute atomic E-state index is 0.917. The number of anilines is 1. The zero-order chi connectivity index (χ0) is 13.4. The maximum atomic E-state index is 4.50. The average Bonchev–Trinajstić information content (AvgIpc) is 2.74. The fourth-order valence-electron chi connectivity index (χ4n) is 2.77. The molecule has 0 amide bonds. The first-order valence-corrected chi connectivity index (χ1v) is 6.82. The molecule has 3 rings (SSSR count). The zero-order valence-corrected chi connectivity index (χ0v) is 11.8. The maximum Gasteiger partial charge on any atom is 0.163 e. The Morgan fingerprint density at radius 2 is 1.89 bits per heavy atom. The van der Waals surface area contributed by atoms with Gasteiger partial charge >= 0.3 is 0 Å². The van der Waals surface area contributed by atoms with Crippen molar-refractivity contribution in [2.75, 3.05) is 37.6 Å². The van der Waals surface area contributed by atoms with Crippen LogP contribution >= 0.6 is 0 Å². The molecule has 1 aliphatic rings. The molecule has 0 aromatic carbocycles. The van der Waals surface area contributed by atoms with Gasteiger partial charge in [0, 0.05) is 33.2 Å². The van der Waals surface area contributed by atoms with Gasteiger partial charge < -0.3 is 9.80 Å². The van der Waals surface area contributed by atoms with Gasteiger partial charge in [0.1, 0.15) is 12.1 Å². The van der Waals surface area contributed by atoms with E-state index >= 15 is 0 Å². The van der Waals surface area contributed by atoms with E-state index in [1.807, 2.05) is 18.7 Å². The number of hydrogen-bond acceptors (Lipinski definition) is 5. The highest BCUT2D eigenvalue weighted by atomic mass is 15.3. The number of aromatic nitrogens is 4. The summed E-state index contributed by atoms with van der Waals surface area (Å²) in [6.45, 7) is 9.60. The molecule has 2 aromatic heterocycles. The van der Waals surface area contributed by atoms with Crippen LogP contribution in [0, 0.1) is 6.92 Å². The highest BCUT2D eigenvalue weighted by molar-refractivity contribution is 5.89. The van der Waals surface area contributed by atoms with Crippen molar-refractivity contribution in [3.05, 3.63) is 12.0 Å². The fourth-order valence-corrected chi connectivity index (χ4v) is 2.77. The molecule has 19 heavy (non-hydrogen) atoms. The highest BCUT2D eigenvalue weighted by Crippen LogP contribution is 2.26. The van der Waals surface area contributed by atoms with E-state index < -0.39 is 0 Å². The molecule has 102 valence electrons. The van der Waals surface area contributed by atoms with Crippen LogP contribution in [-0.2, 0) is 7.05 Å². The molecule has 1 aliphatic heterocycles. The lowest BCUT2D eigenvalue weighted by atomic mass is 10.2. The minimum Gasteiger partial charge on any atom is -0.353 e. The van der Waals surface area contributed by atoms with Gasteiger partial charge in [-0.25, -0.2) is 9.97 Å². The van der Waals surface area contributed by atoms with E-state index in [9.17, 15) is 0 Å². The van der Waals surface area contributed by atoms with E-state index in [2.05, 4.69) is 31.8 Å². The average molecular weight is 260 g/mol. The number of aryl methyl sites for hydroxylation is 2. The van der Waals surface area contributed by atoms with E-state index in [1.165, 1.54) is 0 Å². The van der Waals surface area contributed by atoms with Crippen LogP contribution in [0.3, 0.4) is 0 Å². The van der Waals surface area contributed by atoms with E-state index in [4.69, 9.17) is 0 Å². The molecule has 0 N–H and O–H groups in total. The van der Waals surface area contributed by atoms with Gasteiger partial charge in [-0.3, -0.25) is 4.68 Å². The van der Waals surface area contributed by atoms with E-state index in [0.29, 0.717) is 0 Å². The van der Waals surface area contributed by atoms with Crippen molar-refractivity contribution in [3.8, 4) is 0 Å². The summed E-state index contributed by atoms with van der Waals surface area (Å²) in [5.74, 6) is 1.03. The molecular weight excluding hydrogens is 240 g/mol. The quantitative estimate of drug-likeness (QED) is 0.800. The summed E-state index contributed by atoms with van der Waals surface area (Å²) < 4.78 is 1.83. The predicted octanol–water partition coefficient (Wildman–Crippen LogP) is 0.814. The molecule has 0 aliphatic carbocycles. The van der Waals surface area contributed by atoms with Gasteiger partial charge in [0.2, 0.25) is 0 Å². The first kappa shape index (κ1) is 12.3. The Balaban J connectivity index is 1.97. The van der Waals surface area contributed by atoms with Gasteiger partial charge in [0.05, 0.1) is 11.1 Å². The molecule has 0 spiro atoms. The Morgan fingerprint density at radius 1 is 1.16 bits per heavy atom. The monoisotopic (exact) mass is 260 g/mol. The normalized spacial score (nSPS) is 17.3. The van der Waals surface area contributed by atoms with Crippen LogP contribution in [0.25, 0.3) is 11.0 Å². The van der Waals surface area contributed by atoms with Crippen molar-refractivity contribution in [3.63, 3.8) is 0 Å². The summed E-state index contributed by atoms with van der Waals surface area (Å²) in [4.78, 5) is 13.7. The summed E-state index contributed by atoms with van der Waals surface area (Å²) >= 11 is 0. The molecule has 0 bridgehead atoms. The summed E-state index contributed by atoms with van der Waals surface area (Å²) in [5.41, 5.74) is 1.92. The van der Waals surface area contributed by atoms with Crippen molar-refractivity contribution < 1.29 is 0 Å². The molecule has 6 heteroatoms. The Morgan fingerprint density at radius 3 is 2.58 bits per heavy atom. The van der Waals surface area contributed by atoms with Crippen LogP contribution in [0.5, 0.6) is 0 Å². The molecule has 0 radical (unpaired) electrons. The highest BCUT2D eigenvalue weighted by Gasteiger charge is 2.21. The second kappa shape index (κ2) is 4.77. The van der Waals surface area contributed by atoms with Crippen LogP contribution < -0.4 is 4.90 Å². The molecule has 3 heterocycles. The third-order valence-corrected chi connectivity index (χ3v) is 3.89. The van der Waals surface area contributed by atoms with Crippen molar-refractivity contribution in [1.29, 1.82) is 0 Å². The van der Waals surface area contributed by atoms with E-state index in [1.54, 1.807) is 6.33 Å². The van der Waals surface area contributed by atoms with Crippen LogP contribution in [0.4, 0.5) is 5.82 Å². The number of rotatable bonds is 2. The summed E-state index contributed by atoms with van der Waals surface area (Å²) in [7, 11) is 1.93. The van der Waals surface area contributed by atoms with Crippen molar-refractivity contribution in [1.82, 2.24) is 24.6 Å². The summed E-state index contributed by atoms with van der Waals surface area (Å²) in [6, 6.07) is 0.